The van der Waals surface area contributed by atoms with Crippen molar-refractivity contribution in [3.8, 4) is 5.88 Å². The molecule has 1 heterocycles. The van der Waals surface area contributed by atoms with E-state index in [0.717, 1.165) is 17.7 Å². The van der Waals surface area contributed by atoms with Crippen molar-refractivity contribution in [3.05, 3.63) is 42.2 Å². The number of aromatic nitrogens is 2. The maximum atomic E-state index is 5.79. The number of nitrogen functional groups attached to an aromatic ring is 1. The summed E-state index contributed by atoms with van der Waals surface area (Å²) in [7, 11) is 0. The minimum absolute atomic E-state index is 0.0919. The molecule has 2 aromatic rings. The highest BCUT2D eigenvalue weighted by molar-refractivity contribution is 5.44. The quantitative estimate of drug-likeness (QED) is 0.791. The summed E-state index contributed by atoms with van der Waals surface area (Å²) < 4.78 is 5.47. The second kappa shape index (κ2) is 6.75. The Balaban J connectivity index is 2.05. The van der Waals surface area contributed by atoms with Crippen molar-refractivity contribution in [2.45, 2.75) is 26.3 Å². The molecule has 5 heteroatoms. The van der Waals surface area contributed by atoms with E-state index in [9.17, 15) is 0 Å². The van der Waals surface area contributed by atoms with Crippen molar-refractivity contribution >= 4 is 11.5 Å². The fourth-order valence-corrected chi connectivity index (χ4v) is 1.83. The van der Waals surface area contributed by atoms with Crippen molar-refractivity contribution < 1.29 is 4.74 Å². The second-order valence-electron chi connectivity index (χ2n) is 4.63. The monoisotopic (exact) mass is 272 g/mol. The summed E-state index contributed by atoms with van der Waals surface area (Å²) >= 11 is 0. The standard InChI is InChI=1S/C15H20N4O/c1-3-7-20-15-10-17-9-14(19-15)18-11(2)12-5-4-6-13(16)8-12/h4-6,8-11H,3,7,16H2,1-2H3,(H,18,19). The van der Waals surface area contributed by atoms with Crippen LogP contribution in [-0.2, 0) is 0 Å². The van der Waals surface area contributed by atoms with E-state index < -0.39 is 0 Å². The van der Waals surface area contributed by atoms with Crippen LogP contribution in [0.5, 0.6) is 5.88 Å². The zero-order valence-electron chi connectivity index (χ0n) is 11.8. The minimum atomic E-state index is 0.0919. The van der Waals surface area contributed by atoms with E-state index in [4.69, 9.17) is 10.5 Å². The van der Waals surface area contributed by atoms with E-state index in [1.807, 2.05) is 24.3 Å². The van der Waals surface area contributed by atoms with Gasteiger partial charge in [-0.2, -0.15) is 4.98 Å². The average Bonchev–Trinajstić information content (AvgIpc) is 2.45. The smallest absolute Gasteiger partial charge is 0.234 e. The molecular weight excluding hydrogens is 252 g/mol. The van der Waals surface area contributed by atoms with E-state index in [0.29, 0.717) is 18.3 Å². The van der Waals surface area contributed by atoms with Gasteiger partial charge in [0, 0.05) is 5.69 Å². The number of anilines is 2. The van der Waals surface area contributed by atoms with Gasteiger partial charge in [0.2, 0.25) is 5.88 Å². The molecule has 0 amide bonds. The largest absolute Gasteiger partial charge is 0.477 e. The van der Waals surface area contributed by atoms with Gasteiger partial charge in [0.05, 0.1) is 25.0 Å². The van der Waals surface area contributed by atoms with Gasteiger partial charge in [-0.25, -0.2) is 0 Å². The van der Waals surface area contributed by atoms with Gasteiger partial charge in [-0.1, -0.05) is 19.1 Å². The topological polar surface area (TPSA) is 73.1 Å². The number of ether oxygens (including phenoxy) is 1. The van der Waals surface area contributed by atoms with Crippen LogP contribution in [0.1, 0.15) is 31.9 Å². The molecule has 3 N–H and O–H groups in total. The van der Waals surface area contributed by atoms with E-state index in [2.05, 4.69) is 29.1 Å². The summed E-state index contributed by atoms with van der Waals surface area (Å²) in [5.41, 5.74) is 7.65. The lowest BCUT2D eigenvalue weighted by atomic mass is 10.1. The lowest BCUT2D eigenvalue weighted by Crippen LogP contribution is -2.09. The van der Waals surface area contributed by atoms with Crippen LogP contribution in [-0.4, -0.2) is 16.6 Å². The van der Waals surface area contributed by atoms with Crippen LogP contribution in [0.15, 0.2) is 36.7 Å². The Morgan fingerprint density at radius 1 is 1.35 bits per heavy atom. The van der Waals surface area contributed by atoms with Gasteiger partial charge in [0.15, 0.2) is 0 Å². The summed E-state index contributed by atoms with van der Waals surface area (Å²) in [4.78, 5) is 8.50. The summed E-state index contributed by atoms with van der Waals surface area (Å²) in [6, 6.07) is 7.88. The number of hydrogen-bond acceptors (Lipinski definition) is 5. The van der Waals surface area contributed by atoms with Gasteiger partial charge in [-0.3, -0.25) is 4.98 Å². The zero-order valence-corrected chi connectivity index (χ0v) is 11.8. The molecule has 1 unspecified atom stereocenters. The third kappa shape index (κ3) is 3.85. The van der Waals surface area contributed by atoms with Crippen molar-refractivity contribution in [2.75, 3.05) is 17.7 Å². The van der Waals surface area contributed by atoms with Crippen LogP contribution in [0.4, 0.5) is 11.5 Å². The third-order valence-electron chi connectivity index (χ3n) is 2.84. The molecular formula is C15H20N4O. The molecule has 0 aliphatic carbocycles. The van der Waals surface area contributed by atoms with Crippen LogP contribution in [0, 0.1) is 0 Å². The SMILES string of the molecule is CCCOc1cncc(NC(C)c2cccc(N)c2)n1. The van der Waals surface area contributed by atoms with Crippen molar-refractivity contribution in [1.29, 1.82) is 0 Å². The molecule has 0 spiro atoms. The van der Waals surface area contributed by atoms with E-state index in [-0.39, 0.29) is 6.04 Å². The molecule has 1 aromatic carbocycles. The Labute approximate surface area is 119 Å². The average molecular weight is 272 g/mol. The normalized spacial score (nSPS) is 11.9. The minimum Gasteiger partial charge on any atom is -0.477 e. The molecule has 0 radical (unpaired) electrons. The van der Waals surface area contributed by atoms with Gasteiger partial charge in [0.1, 0.15) is 5.82 Å². The lowest BCUT2D eigenvalue weighted by molar-refractivity contribution is 0.304. The van der Waals surface area contributed by atoms with E-state index in [1.165, 1.54) is 0 Å². The molecule has 0 aliphatic heterocycles. The Kier molecular flexibility index (Phi) is 4.76. The molecule has 1 atom stereocenters. The highest BCUT2D eigenvalue weighted by atomic mass is 16.5. The van der Waals surface area contributed by atoms with Crippen LogP contribution in [0.25, 0.3) is 0 Å². The van der Waals surface area contributed by atoms with Gasteiger partial charge in [-0.15, -0.1) is 0 Å². The highest BCUT2D eigenvalue weighted by Gasteiger charge is 2.07. The molecule has 0 fully saturated rings. The predicted octanol–water partition coefficient (Wildman–Crippen LogP) is 3.02. The van der Waals surface area contributed by atoms with E-state index >= 15 is 0 Å². The number of rotatable bonds is 6. The Bertz CT molecular complexity index is 559. The molecule has 106 valence electrons. The fraction of sp³-hybridized carbons (Fsp3) is 0.333. The van der Waals surface area contributed by atoms with Gasteiger partial charge in [-0.05, 0) is 31.0 Å². The van der Waals surface area contributed by atoms with Gasteiger partial charge >= 0.3 is 0 Å². The van der Waals surface area contributed by atoms with Crippen LogP contribution in [0.3, 0.4) is 0 Å². The number of hydrogen-bond donors (Lipinski definition) is 2. The predicted molar refractivity (Wildman–Crippen MR) is 80.7 cm³/mol. The molecule has 0 saturated carbocycles. The van der Waals surface area contributed by atoms with Crippen molar-refractivity contribution in [1.82, 2.24) is 9.97 Å². The Morgan fingerprint density at radius 2 is 2.20 bits per heavy atom. The molecule has 0 bridgehead atoms. The number of nitrogens with zero attached hydrogens (tertiary/aromatic N) is 2. The van der Waals surface area contributed by atoms with Crippen LogP contribution >= 0.6 is 0 Å². The van der Waals surface area contributed by atoms with Gasteiger partial charge in [0.25, 0.3) is 0 Å². The van der Waals surface area contributed by atoms with Crippen LogP contribution in [0.2, 0.25) is 0 Å². The van der Waals surface area contributed by atoms with Gasteiger partial charge < -0.3 is 15.8 Å². The van der Waals surface area contributed by atoms with Crippen molar-refractivity contribution in [3.63, 3.8) is 0 Å². The first-order valence-corrected chi connectivity index (χ1v) is 6.76. The summed E-state index contributed by atoms with van der Waals surface area (Å²) in [6.07, 6.45) is 4.24. The molecule has 1 aromatic heterocycles. The molecule has 5 nitrogen and oxygen atoms in total. The first-order valence-electron chi connectivity index (χ1n) is 6.76. The van der Waals surface area contributed by atoms with Crippen molar-refractivity contribution in [2.24, 2.45) is 0 Å². The third-order valence-corrected chi connectivity index (χ3v) is 2.84. The maximum Gasteiger partial charge on any atom is 0.234 e. The number of nitrogens with one attached hydrogen (secondary N) is 1. The number of nitrogens with two attached hydrogens (primary N) is 1. The summed E-state index contributed by atoms with van der Waals surface area (Å²) in [5.74, 6) is 1.23. The Morgan fingerprint density at radius 3 is 2.95 bits per heavy atom. The molecule has 0 saturated heterocycles. The molecule has 2 rings (SSSR count). The summed E-state index contributed by atoms with van der Waals surface area (Å²) in [5, 5.41) is 3.29. The fourth-order valence-electron chi connectivity index (χ4n) is 1.83. The van der Waals surface area contributed by atoms with E-state index in [1.54, 1.807) is 12.4 Å². The number of benzene rings is 1. The second-order valence-corrected chi connectivity index (χ2v) is 4.63. The summed E-state index contributed by atoms with van der Waals surface area (Å²) in [6.45, 7) is 4.75. The Hall–Kier alpha value is -2.30. The highest BCUT2D eigenvalue weighted by Crippen LogP contribution is 2.20. The van der Waals surface area contributed by atoms with Crippen LogP contribution < -0.4 is 15.8 Å². The molecule has 20 heavy (non-hydrogen) atoms. The lowest BCUT2D eigenvalue weighted by Gasteiger charge is -2.15. The molecule has 0 aliphatic rings. The first kappa shape index (κ1) is 14.1. The maximum absolute atomic E-state index is 5.79. The zero-order chi connectivity index (χ0) is 14.4. The first-order chi connectivity index (χ1) is 9.69.